The van der Waals surface area contributed by atoms with E-state index in [1.807, 2.05) is 0 Å². The van der Waals surface area contributed by atoms with Gasteiger partial charge in [0.25, 0.3) is 0 Å². The maximum Gasteiger partial charge on any atom is 0 e. The smallest absolute Gasteiger partial charge is 0 e. The van der Waals surface area contributed by atoms with E-state index in [9.17, 15) is 0 Å². The van der Waals surface area contributed by atoms with Crippen molar-refractivity contribution in [2.45, 2.75) is 0 Å². The first-order valence-corrected chi connectivity index (χ1v) is 30.7. The van der Waals surface area contributed by atoms with Crippen LogP contribution in [0.5, 0.6) is 0 Å². The van der Waals surface area contributed by atoms with Crippen LogP contribution in [0.15, 0.2) is 0 Å². The van der Waals surface area contributed by atoms with Gasteiger partial charge in [0.05, 0.1) is 0 Å². The third kappa shape index (κ3) is 26.7. The molecule has 0 nitrogen and oxygen atoms in total. The van der Waals surface area contributed by atoms with Gasteiger partial charge >= 0.3 is 0 Å². The fourth-order valence-corrected chi connectivity index (χ4v) is 16.7. The minimum atomic E-state index is -2.17. The zero-order valence-corrected chi connectivity index (χ0v) is 53.7. The summed E-state index contributed by atoms with van der Waals surface area (Å²) in [4.78, 5) is 0. The second-order valence-electron chi connectivity index (χ2n) is 26.2. The lowest BCUT2D eigenvalue weighted by atomic mass is 8.19. The van der Waals surface area contributed by atoms with Gasteiger partial charge in [-0.3, -0.25) is 0 Å². The summed E-state index contributed by atoms with van der Waals surface area (Å²) < 4.78 is 0. The highest BCUT2D eigenvalue weighted by Gasteiger charge is 2.68. The van der Waals surface area contributed by atoms with Crippen molar-refractivity contribution in [1.29, 1.82) is 0 Å². The molecule has 0 spiro atoms. The van der Waals surface area contributed by atoms with Gasteiger partial charge in [-0.25, -0.2) is 0 Å². The lowest BCUT2D eigenvalue weighted by Gasteiger charge is -2.63. The quantitative estimate of drug-likeness (QED) is 0.0534. The molecule has 93 heteroatoms. The van der Waals surface area contributed by atoms with Crippen molar-refractivity contribution in [3.8, 4) is 0 Å². The molecular weight excluding hydrogens is 1010 g/mol. The molecule has 279 valence electrons. The van der Waals surface area contributed by atoms with Crippen LogP contribution in [0.4, 0.5) is 0 Å². The Morgan fingerprint density at radius 1 is 0.0968 bits per heavy atom. The zero-order chi connectivity index (χ0) is 73.7. The topological polar surface area (TPSA) is 0 Å². The number of rotatable bonds is 45. The van der Waals surface area contributed by atoms with Crippen molar-refractivity contribution >= 4 is 658 Å². The summed E-state index contributed by atoms with van der Waals surface area (Å²) in [7, 11) is 332. The van der Waals surface area contributed by atoms with E-state index in [4.69, 9.17) is 364 Å². The molecular formula is B93. The van der Waals surface area contributed by atoms with Crippen LogP contribution < -0.4 is 0 Å². The third-order valence-electron chi connectivity index (χ3n) is 19.8. The SMILES string of the molecule is [B][B]B(B([B])[B])B(B(B([B])[B])B([B])[B])B(B(B(B([B])[B])B([B])[B])B(B([B])[B])B([B])[B])B(B(B(B(B([B])[B])B([B])[B])B(B([B])[B])B([B])[B])B(B(B([B])[B])B([B])[B])B(B([B])[B])B([B])[B])B(B(B(B([B])[B])B([B])[B])B(B([B])[B])B([B])[B])B(B(B([B])[B])B([B])[B])B(B([B])[B])B([B])[B]. The molecule has 0 aliphatic heterocycles. The van der Waals surface area contributed by atoms with E-state index < -0.39 is 287 Å². The third-order valence-corrected chi connectivity index (χ3v) is 19.8. The molecule has 93 heavy (non-hydrogen) atoms. The van der Waals surface area contributed by atoms with E-state index in [2.05, 4.69) is 0 Å². The van der Waals surface area contributed by atoms with Gasteiger partial charge < -0.3 is 0 Å². The van der Waals surface area contributed by atoms with Crippen LogP contribution in [0.2, 0.25) is 0 Å². The van der Waals surface area contributed by atoms with Gasteiger partial charge in [0.2, 0.25) is 0 Å². The minimum absolute atomic E-state index is 1.04. The van der Waals surface area contributed by atoms with E-state index in [0.717, 1.165) is 7.06 Å². The fourth-order valence-electron chi connectivity index (χ4n) is 16.7. The highest BCUT2D eigenvalue weighted by atomic mass is 13.5. The normalized spacial score (nSPS) is 9.81. The van der Waals surface area contributed by atoms with Gasteiger partial charge in [-0.15, -0.1) is 0 Å². The van der Waals surface area contributed by atoms with Gasteiger partial charge in [-0.05, 0) is 0 Å². The van der Waals surface area contributed by atoms with Crippen LogP contribution in [0, 0.1) is 0 Å². The Bertz CT molecular complexity index is 1510. The molecule has 0 aromatic heterocycles. The Balaban J connectivity index is 14.1. The molecule has 0 aromatic carbocycles. The summed E-state index contributed by atoms with van der Waals surface area (Å²) in [6.45, 7) is 0. The van der Waals surface area contributed by atoms with Crippen LogP contribution in [-0.4, -0.2) is 658 Å². The lowest BCUT2D eigenvalue weighted by molar-refractivity contribution is 3.13. The first-order chi connectivity index (χ1) is 42.3. The van der Waals surface area contributed by atoms with E-state index >= 15 is 0 Å². The van der Waals surface area contributed by atoms with Gasteiger partial charge in [-0.1, -0.05) is 0 Å². The van der Waals surface area contributed by atoms with Crippen LogP contribution in [0.1, 0.15) is 0 Å². The Morgan fingerprint density at radius 3 is 0.247 bits per heavy atom. The van der Waals surface area contributed by atoms with Crippen LogP contribution in [-0.2, 0) is 0 Å². The van der Waals surface area contributed by atoms with E-state index in [1.165, 1.54) is 0 Å². The van der Waals surface area contributed by atoms with Crippen LogP contribution >= 0.6 is 0 Å². The second kappa shape index (κ2) is 45.8. The lowest BCUT2D eigenvalue weighted by Crippen LogP contribution is -3.01. The zero-order valence-electron chi connectivity index (χ0n) is 53.7. The molecule has 0 heterocycles. The molecule has 0 amide bonds. The molecule has 0 N–H and O–H groups in total. The molecule has 0 aliphatic rings. The number of hydrogen-bond acceptors (Lipinski definition) is 0. The Hall–Kier alpha value is 6.04. The Kier molecular flexibility index (Phi) is 48.7. The summed E-state index contributed by atoms with van der Waals surface area (Å²) in [6, 6.07) is 0. The van der Waals surface area contributed by atoms with E-state index in [-0.39, 0.29) is 0 Å². The largest absolute Gasteiger partial charge is 0 e. The van der Waals surface area contributed by atoms with Gasteiger partial charge in [0, 0.05) is 658 Å². The van der Waals surface area contributed by atoms with E-state index in [0.29, 0.717) is 0 Å². The van der Waals surface area contributed by atoms with Crippen LogP contribution in [0.25, 0.3) is 0 Å². The maximum atomic E-state index is 7.04. The molecule has 0 atom stereocenters. The van der Waals surface area contributed by atoms with Gasteiger partial charge in [-0.2, -0.15) is 0 Å². The summed E-state index contributed by atoms with van der Waals surface area (Å²) in [5.74, 6) is 0. The molecule has 0 bridgehead atoms. The fraction of sp³-hybridized carbons (Fsp3) is 0. The molecule has 0 aromatic rings. The first kappa shape index (κ1) is 99.0. The summed E-state index contributed by atoms with van der Waals surface area (Å²) in [5, 5.41) is 0. The molecule has 0 saturated carbocycles. The molecule has 0 aliphatic carbocycles. The van der Waals surface area contributed by atoms with Crippen molar-refractivity contribution in [1.82, 2.24) is 0 Å². The summed E-state index contributed by atoms with van der Waals surface area (Å²) in [6.07, 6.45) is -81.6. The predicted octanol–water partition coefficient (Wildman–Crippen LogP) is -35.4. The summed E-state index contributed by atoms with van der Waals surface area (Å²) in [5.41, 5.74) is 0. The van der Waals surface area contributed by atoms with E-state index in [1.54, 1.807) is 0 Å². The average molecular weight is 1010 g/mol. The average Bonchev–Trinajstić information content (AvgIpc) is 3.33. The second-order valence-corrected chi connectivity index (χ2v) is 26.2. The van der Waals surface area contributed by atoms with Crippen molar-refractivity contribution in [3.63, 3.8) is 0 Å². The molecule has 95 radical (unpaired) electrons. The Labute approximate surface area is 651 Å². The monoisotopic (exact) mass is 1020 g/mol. The number of hydrogen-bond donors (Lipinski definition) is 0. The molecule has 0 rings (SSSR count). The van der Waals surface area contributed by atoms with Crippen molar-refractivity contribution < 1.29 is 0 Å². The molecule has 0 unspecified atom stereocenters. The van der Waals surface area contributed by atoms with Crippen LogP contribution in [0.3, 0.4) is 0 Å². The standard InChI is InChI=1S/B93/c1-48-72(49(2)3)84(73(50(4)5)51(6)7)90(85(74(52(8)9)53(10)11)75(54(12)13)55(14)15)93(91(86(76(56(16)17)57(18)19)77(58(20)21)59(22)23)87(78(60(24)25)61(26)27)79(62(28)29)63(30)31)92(88(80(64(32)33)65(34)35)81(66(36)37)67(38)39)89(82(68(40)41)69(42)43)83(70(44)45)71(46)47. The van der Waals surface area contributed by atoms with Gasteiger partial charge in [0.1, 0.15) is 0 Å². The maximum absolute atomic E-state index is 7.04. The first-order valence-electron chi connectivity index (χ1n) is 30.7. The predicted molar refractivity (Wildman–Crippen MR) is 535 cm³/mol. The molecule has 0 fully saturated rings. The highest BCUT2D eigenvalue weighted by Crippen LogP contribution is 2.30. The van der Waals surface area contributed by atoms with Crippen molar-refractivity contribution in [2.75, 3.05) is 0 Å². The van der Waals surface area contributed by atoms with Crippen molar-refractivity contribution in [2.24, 2.45) is 0 Å². The molecule has 0 saturated heterocycles. The summed E-state index contributed by atoms with van der Waals surface area (Å²) >= 11 is 0. The minimum Gasteiger partial charge on any atom is 0 e. The Morgan fingerprint density at radius 2 is 0.172 bits per heavy atom. The van der Waals surface area contributed by atoms with Gasteiger partial charge in [0.15, 0.2) is 0 Å². The van der Waals surface area contributed by atoms with Crippen molar-refractivity contribution in [3.05, 3.63) is 0 Å². The highest BCUT2D eigenvalue weighted by molar-refractivity contribution is 8.43.